The van der Waals surface area contributed by atoms with Gasteiger partial charge in [-0.05, 0) is 42.5 Å². The van der Waals surface area contributed by atoms with Crippen LogP contribution in [0.15, 0.2) is 66.7 Å². The molecule has 3 aromatic carbocycles. The monoisotopic (exact) mass is 425 g/mol. The minimum absolute atomic E-state index is 0.214. The molecular weight excluding hydrogens is 402 g/mol. The van der Waals surface area contributed by atoms with Gasteiger partial charge in [0, 0.05) is 53.9 Å². The lowest BCUT2D eigenvalue weighted by molar-refractivity contribution is 0.230. The average Bonchev–Trinajstić information content (AvgIpc) is 2.80. The lowest BCUT2D eigenvalue weighted by Gasteiger charge is -2.14. The van der Waals surface area contributed by atoms with E-state index in [0.29, 0.717) is 28.6 Å². The molecule has 0 aliphatic rings. The van der Waals surface area contributed by atoms with Crippen molar-refractivity contribution in [3.63, 3.8) is 0 Å². The second-order valence-corrected chi connectivity index (χ2v) is 7.43. The number of nitrogens with two attached hydrogens (primary N) is 1. The van der Waals surface area contributed by atoms with E-state index < -0.39 is 0 Å². The van der Waals surface area contributed by atoms with Crippen LogP contribution < -0.4 is 16.4 Å². The van der Waals surface area contributed by atoms with Gasteiger partial charge in [-0.1, -0.05) is 24.3 Å². The molecule has 0 aliphatic carbocycles. The second-order valence-electron chi connectivity index (χ2n) is 7.43. The highest BCUT2D eigenvalue weighted by atomic mass is 16.2. The van der Waals surface area contributed by atoms with Gasteiger partial charge in [0.15, 0.2) is 5.82 Å². The topological polar surface area (TPSA) is 120 Å². The molecule has 32 heavy (non-hydrogen) atoms. The van der Waals surface area contributed by atoms with Crippen molar-refractivity contribution in [2.45, 2.75) is 0 Å². The Morgan fingerprint density at radius 3 is 2.59 bits per heavy atom. The first-order valence-corrected chi connectivity index (χ1v) is 9.97. The van der Waals surface area contributed by atoms with Crippen molar-refractivity contribution in [3.05, 3.63) is 72.3 Å². The predicted molar refractivity (Wildman–Crippen MR) is 130 cm³/mol. The van der Waals surface area contributed by atoms with Crippen molar-refractivity contribution >= 4 is 46.0 Å². The highest BCUT2D eigenvalue weighted by Gasteiger charge is 2.12. The number of rotatable bonds is 5. The Morgan fingerprint density at radius 1 is 1.00 bits per heavy atom. The summed E-state index contributed by atoms with van der Waals surface area (Å²) in [4.78, 5) is 23.0. The minimum atomic E-state index is -0.214. The summed E-state index contributed by atoms with van der Waals surface area (Å²) in [7, 11) is 3.37. The van der Waals surface area contributed by atoms with Gasteiger partial charge in [0.25, 0.3) is 0 Å². The molecule has 0 fully saturated rings. The van der Waals surface area contributed by atoms with Gasteiger partial charge in [-0.15, -0.1) is 0 Å². The Morgan fingerprint density at radius 2 is 1.81 bits per heavy atom. The largest absolute Gasteiger partial charge is 0.398 e. The fourth-order valence-electron chi connectivity index (χ4n) is 3.19. The second kappa shape index (κ2) is 8.73. The fourth-order valence-corrected chi connectivity index (χ4v) is 3.19. The number of nitrogens with zero attached hydrogens (tertiary/aromatic N) is 3. The lowest BCUT2D eigenvalue weighted by atomic mass is 10.1. The molecule has 0 bridgehead atoms. The van der Waals surface area contributed by atoms with Crippen LogP contribution >= 0.6 is 0 Å². The molecular formula is C24H23N7O. The summed E-state index contributed by atoms with van der Waals surface area (Å²) in [6, 6.07) is 20.3. The molecule has 0 saturated heterocycles. The maximum absolute atomic E-state index is 12.0. The van der Waals surface area contributed by atoms with Crippen molar-refractivity contribution in [2.24, 2.45) is 0 Å². The summed E-state index contributed by atoms with van der Waals surface area (Å²) in [5.74, 6) is 1.16. The number of nitrogen functional groups attached to an aromatic ring is 1. The van der Waals surface area contributed by atoms with Gasteiger partial charge in [0.2, 0.25) is 0 Å². The quantitative estimate of drug-likeness (QED) is 0.273. The van der Waals surface area contributed by atoms with Crippen molar-refractivity contribution in [3.8, 4) is 11.4 Å². The molecule has 0 atom stereocenters. The Hall–Kier alpha value is -4.46. The van der Waals surface area contributed by atoms with Crippen LogP contribution in [0.4, 0.5) is 27.7 Å². The zero-order chi connectivity index (χ0) is 22.7. The standard InChI is InChI=1S/C24H23N7O/c1-31(2)24(32)28-17-7-5-6-15(12-17)22-29-21-9-4-3-8-19(21)23(30-22)27-18-10-11-20(26)16(13-18)14-25/h3-14,25H,26H2,1-2H3,(H,28,32)(H,27,29,30). The van der Waals surface area contributed by atoms with E-state index >= 15 is 0 Å². The van der Waals surface area contributed by atoms with Crippen LogP contribution in [0.2, 0.25) is 0 Å². The van der Waals surface area contributed by atoms with Gasteiger partial charge < -0.3 is 26.7 Å². The van der Waals surface area contributed by atoms with Crippen LogP contribution in [-0.4, -0.2) is 41.2 Å². The number of nitrogens with one attached hydrogen (secondary N) is 3. The molecule has 0 radical (unpaired) electrons. The first kappa shape index (κ1) is 20.8. The van der Waals surface area contributed by atoms with Crippen molar-refractivity contribution in [1.29, 1.82) is 5.41 Å². The molecule has 5 N–H and O–H groups in total. The van der Waals surface area contributed by atoms with Crippen LogP contribution in [0.1, 0.15) is 5.56 Å². The smallest absolute Gasteiger partial charge is 0.321 e. The molecule has 0 saturated carbocycles. The molecule has 4 aromatic rings. The van der Waals surface area contributed by atoms with E-state index in [9.17, 15) is 4.79 Å². The number of amides is 2. The molecule has 8 heteroatoms. The molecule has 0 aliphatic heterocycles. The summed E-state index contributed by atoms with van der Waals surface area (Å²) in [6.45, 7) is 0. The minimum Gasteiger partial charge on any atom is -0.398 e. The highest BCUT2D eigenvalue weighted by Crippen LogP contribution is 2.29. The van der Waals surface area contributed by atoms with Crippen molar-refractivity contribution in [2.75, 3.05) is 30.5 Å². The van der Waals surface area contributed by atoms with E-state index in [2.05, 4.69) is 10.6 Å². The summed E-state index contributed by atoms with van der Waals surface area (Å²) in [5, 5.41) is 14.6. The molecule has 160 valence electrons. The summed E-state index contributed by atoms with van der Waals surface area (Å²) in [5.41, 5.74) is 10.0. The number of carbonyl (C=O) groups is 1. The van der Waals surface area contributed by atoms with E-state index in [1.54, 1.807) is 26.2 Å². The van der Waals surface area contributed by atoms with E-state index in [-0.39, 0.29) is 6.03 Å². The third-order valence-electron chi connectivity index (χ3n) is 4.89. The lowest BCUT2D eigenvalue weighted by Crippen LogP contribution is -2.27. The van der Waals surface area contributed by atoms with Gasteiger partial charge in [0.05, 0.1) is 5.52 Å². The molecule has 4 rings (SSSR count). The molecule has 1 aromatic heterocycles. The molecule has 0 unspecified atom stereocenters. The average molecular weight is 425 g/mol. The number of hydrogen-bond acceptors (Lipinski definition) is 6. The first-order chi connectivity index (χ1) is 15.4. The van der Waals surface area contributed by atoms with Gasteiger partial charge in [0.1, 0.15) is 5.82 Å². The summed E-state index contributed by atoms with van der Waals surface area (Å²) < 4.78 is 0. The first-order valence-electron chi connectivity index (χ1n) is 9.97. The summed E-state index contributed by atoms with van der Waals surface area (Å²) in [6.07, 6.45) is 1.22. The number of anilines is 4. The normalized spacial score (nSPS) is 10.6. The molecule has 1 heterocycles. The third kappa shape index (κ3) is 4.34. The van der Waals surface area contributed by atoms with E-state index in [1.165, 1.54) is 11.1 Å². The number of aromatic nitrogens is 2. The Kier molecular flexibility index (Phi) is 5.67. The molecule has 8 nitrogen and oxygen atoms in total. The number of carbonyl (C=O) groups excluding carboxylic acids is 1. The van der Waals surface area contributed by atoms with Crippen LogP contribution in [0.3, 0.4) is 0 Å². The van der Waals surface area contributed by atoms with E-state index in [1.807, 2.05) is 54.6 Å². The van der Waals surface area contributed by atoms with Crippen LogP contribution in [-0.2, 0) is 0 Å². The Balaban J connectivity index is 1.76. The van der Waals surface area contributed by atoms with Crippen LogP contribution in [0.25, 0.3) is 22.3 Å². The van der Waals surface area contributed by atoms with Gasteiger partial charge in [-0.25, -0.2) is 14.8 Å². The van der Waals surface area contributed by atoms with Crippen molar-refractivity contribution in [1.82, 2.24) is 14.9 Å². The van der Waals surface area contributed by atoms with Gasteiger partial charge in [-0.2, -0.15) is 0 Å². The maximum atomic E-state index is 12.0. The summed E-state index contributed by atoms with van der Waals surface area (Å²) >= 11 is 0. The fraction of sp³-hybridized carbons (Fsp3) is 0.0833. The highest BCUT2D eigenvalue weighted by molar-refractivity contribution is 5.94. The number of hydrogen-bond donors (Lipinski definition) is 4. The van der Waals surface area contributed by atoms with E-state index in [0.717, 1.165) is 22.2 Å². The predicted octanol–water partition coefficient (Wildman–Crippen LogP) is 4.71. The number of urea groups is 1. The number of para-hydroxylation sites is 1. The SMILES string of the molecule is CN(C)C(=O)Nc1cccc(-c2nc(Nc3ccc(N)c(C=N)c3)c3ccccc3n2)c1. The van der Waals surface area contributed by atoms with Crippen LogP contribution in [0, 0.1) is 5.41 Å². The Labute approximate surface area is 185 Å². The number of fused-ring (bicyclic) bond motifs is 1. The maximum Gasteiger partial charge on any atom is 0.321 e. The number of benzene rings is 3. The zero-order valence-electron chi connectivity index (χ0n) is 17.8. The van der Waals surface area contributed by atoms with Crippen molar-refractivity contribution < 1.29 is 4.79 Å². The van der Waals surface area contributed by atoms with E-state index in [4.69, 9.17) is 21.1 Å². The third-order valence-corrected chi connectivity index (χ3v) is 4.89. The Bertz CT molecular complexity index is 1320. The zero-order valence-corrected chi connectivity index (χ0v) is 17.8. The van der Waals surface area contributed by atoms with Crippen LogP contribution in [0.5, 0.6) is 0 Å². The van der Waals surface area contributed by atoms with Gasteiger partial charge >= 0.3 is 6.03 Å². The molecule has 2 amide bonds. The van der Waals surface area contributed by atoms with Gasteiger partial charge in [-0.3, -0.25) is 0 Å². The molecule has 0 spiro atoms.